The van der Waals surface area contributed by atoms with Crippen LogP contribution in [-0.4, -0.2) is 92.5 Å². The zero-order valence-corrected chi connectivity index (χ0v) is 27.0. The van der Waals surface area contributed by atoms with Gasteiger partial charge in [0.15, 0.2) is 10.8 Å². The van der Waals surface area contributed by atoms with Gasteiger partial charge >= 0.3 is 5.97 Å². The van der Waals surface area contributed by atoms with Crippen molar-refractivity contribution in [2.24, 2.45) is 5.73 Å². The number of ether oxygens (including phenoxy) is 6. The molecule has 0 saturated carbocycles. The molecule has 14 heteroatoms. The first-order chi connectivity index (χ1) is 21.0. The van der Waals surface area contributed by atoms with Gasteiger partial charge < -0.3 is 39.5 Å². The molecule has 43 heavy (non-hydrogen) atoms. The first-order valence-corrected chi connectivity index (χ1v) is 15.4. The van der Waals surface area contributed by atoms with Crippen LogP contribution in [-0.2, 0) is 23.7 Å². The van der Waals surface area contributed by atoms with Gasteiger partial charge in [-0.1, -0.05) is 39.5 Å². The number of hydrogen-bond donors (Lipinski definition) is 2. The highest BCUT2D eigenvalue weighted by molar-refractivity contribution is 7.98. The lowest BCUT2D eigenvalue weighted by Crippen LogP contribution is -2.17. The first kappa shape index (κ1) is 37.4. The molecule has 0 unspecified atom stereocenters. The van der Waals surface area contributed by atoms with E-state index in [9.17, 15) is 9.59 Å². The third-order valence-electron chi connectivity index (χ3n) is 5.09. The van der Waals surface area contributed by atoms with Crippen molar-refractivity contribution in [2.75, 3.05) is 71.5 Å². The van der Waals surface area contributed by atoms with E-state index in [1.165, 1.54) is 11.8 Å². The van der Waals surface area contributed by atoms with Gasteiger partial charge in [-0.25, -0.2) is 14.8 Å². The molecule has 2 heterocycles. The molecule has 1 aromatic carbocycles. The Balaban J connectivity index is 0.00000221. The van der Waals surface area contributed by atoms with E-state index in [0.717, 1.165) is 0 Å². The van der Waals surface area contributed by atoms with Crippen LogP contribution in [0.25, 0.3) is 5.65 Å². The van der Waals surface area contributed by atoms with E-state index >= 15 is 0 Å². The number of amides is 1. The Hall–Kier alpha value is -3.59. The number of fused-ring (bicyclic) bond motifs is 1. The number of nitrogens with two attached hydrogens (primary N) is 1. The molecule has 2 aromatic heterocycles. The normalized spacial score (nSPS) is 10.2. The summed E-state index contributed by atoms with van der Waals surface area (Å²) in [5.41, 5.74) is 6.83. The van der Waals surface area contributed by atoms with Crippen LogP contribution >= 0.6 is 11.8 Å². The smallest absolute Gasteiger partial charge is 0.332 e. The molecule has 0 fully saturated rings. The third-order valence-corrected chi connectivity index (χ3v) is 5.74. The Bertz CT molecular complexity index is 1240. The van der Waals surface area contributed by atoms with Gasteiger partial charge in [-0.2, -0.15) is 0 Å². The Morgan fingerprint density at radius 3 is 2.19 bits per heavy atom. The van der Waals surface area contributed by atoms with Crippen LogP contribution < -0.4 is 20.5 Å². The Morgan fingerprint density at radius 2 is 1.58 bits per heavy atom. The number of carbonyl (C=O) groups excluding carboxylic acids is 2. The van der Waals surface area contributed by atoms with Crippen molar-refractivity contribution in [1.82, 2.24) is 14.4 Å². The number of rotatable bonds is 18. The summed E-state index contributed by atoms with van der Waals surface area (Å²) >= 11 is 1.41. The van der Waals surface area contributed by atoms with Crippen molar-refractivity contribution in [2.45, 2.75) is 39.8 Å². The standard InChI is InChI=1S/C25H33N5O8S.2C2H6/c1-4-37-20(31)16-36-10-9-34-7-8-35-11-12-38-19-14-17(13-18(15-19)33-2)28-23-21(22(26)32)24-27-5-6-30(24)25(29-23)39-3;2*1-2/h5-6,13-15,28H,4,7-12,16H2,1-3H3,(H2,26,32);2*1-2H3. The van der Waals surface area contributed by atoms with Crippen LogP contribution in [0.5, 0.6) is 11.5 Å². The fourth-order valence-electron chi connectivity index (χ4n) is 3.41. The number of nitrogens with zero attached hydrogens (tertiary/aromatic N) is 3. The molecule has 3 rings (SSSR count). The fraction of sp³-hybridized carbons (Fsp3) is 0.517. The van der Waals surface area contributed by atoms with Crippen molar-refractivity contribution < 1.29 is 38.0 Å². The number of hydrogen-bond acceptors (Lipinski definition) is 12. The number of benzene rings is 1. The number of methoxy groups -OCH3 is 1. The quantitative estimate of drug-likeness (QED) is 0.0895. The van der Waals surface area contributed by atoms with E-state index in [4.69, 9.17) is 34.2 Å². The van der Waals surface area contributed by atoms with E-state index in [2.05, 4.69) is 15.3 Å². The highest BCUT2D eigenvalue weighted by Crippen LogP contribution is 2.31. The monoisotopic (exact) mass is 623 g/mol. The highest BCUT2D eigenvalue weighted by Gasteiger charge is 2.20. The van der Waals surface area contributed by atoms with E-state index in [0.29, 0.717) is 67.6 Å². The van der Waals surface area contributed by atoms with Gasteiger partial charge in [0.1, 0.15) is 36.1 Å². The average Bonchev–Trinajstić information content (AvgIpc) is 3.51. The van der Waals surface area contributed by atoms with Crippen LogP contribution in [0.15, 0.2) is 35.7 Å². The van der Waals surface area contributed by atoms with E-state index in [-0.39, 0.29) is 24.6 Å². The van der Waals surface area contributed by atoms with Crippen molar-refractivity contribution in [1.29, 1.82) is 0 Å². The fourth-order valence-corrected chi connectivity index (χ4v) is 3.94. The van der Waals surface area contributed by atoms with Crippen LogP contribution in [0.4, 0.5) is 11.5 Å². The Kier molecular flexibility index (Phi) is 19.2. The summed E-state index contributed by atoms with van der Waals surface area (Å²) in [6.07, 6.45) is 5.19. The summed E-state index contributed by atoms with van der Waals surface area (Å²) in [7, 11) is 1.55. The minimum Gasteiger partial charge on any atom is -0.497 e. The molecule has 0 bridgehead atoms. The summed E-state index contributed by atoms with van der Waals surface area (Å²) < 4.78 is 33.8. The largest absolute Gasteiger partial charge is 0.497 e. The van der Waals surface area contributed by atoms with Gasteiger partial charge in [-0.15, -0.1) is 0 Å². The lowest BCUT2D eigenvalue weighted by molar-refractivity contribution is -0.149. The molecule has 0 aliphatic rings. The number of nitrogens with one attached hydrogen (secondary N) is 1. The van der Waals surface area contributed by atoms with E-state index < -0.39 is 11.9 Å². The predicted molar refractivity (Wildman–Crippen MR) is 167 cm³/mol. The van der Waals surface area contributed by atoms with Crippen molar-refractivity contribution in [3.05, 3.63) is 36.2 Å². The molecule has 0 atom stereocenters. The van der Waals surface area contributed by atoms with Crippen molar-refractivity contribution in [3.8, 4) is 11.5 Å². The predicted octanol–water partition coefficient (Wildman–Crippen LogP) is 4.35. The molecule has 240 valence electrons. The molecular weight excluding hydrogens is 578 g/mol. The molecule has 0 radical (unpaired) electrons. The molecule has 3 aromatic rings. The second-order valence-electron chi connectivity index (χ2n) is 7.76. The summed E-state index contributed by atoms with van der Waals surface area (Å²) in [5, 5.41) is 3.79. The minimum absolute atomic E-state index is 0.0894. The molecule has 0 saturated heterocycles. The number of primary amides is 1. The summed E-state index contributed by atoms with van der Waals surface area (Å²) in [6, 6.07) is 5.24. The number of carbonyl (C=O) groups is 2. The van der Waals surface area contributed by atoms with E-state index in [1.807, 2.05) is 34.0 Å². The van der Waals surface area contributed by atoms with Crippen molar-refractivity contribution >= 4 is 40.8 Å². The molecule has 1 amide bonds. The maximum atomic E-state index is 12.3. The first-order valence-electron chi connectivity index (χ1n) is 14.1. The number of thioether (sulfide) groups is 1. The SMILES string of the molecule is CC.CC.CCOC(=O)COCCOCCOCCOc1cc(Nc2nc(SC)n3ccnc3c2C(N)=O)cc(OC)c1. The maximum absolute atomic E-state index is 12.3. The maximum Gasteiger partial charge on any atom is 0.332 e. The zero-order chi connectivity index (χ0) is 32.0. The van der Waals surface area contributed by atoms with Gasteiger partial charge in [-0.05, 0) is 13.2 Å². The summed E-state index contributed by atoms with van der Waals surface area (Å²) in [6.45, 7) is 12.0. The van der Waals surface area contributed by atoms with Gasteiger partial charge in [0.25, 0.3) is 5.91 Å². The number of aromatic nitrogens is 3. The van der Waals surface area contributed by atoms with Crippen LogP contribution in [0.2, 0.25) is 0 Å². The lowest BCUT2D eigenvalue weighted by atomic mass is 10.2. The van der Waals surface area contributed by atoms with Crippen LogP contribution in [0.1, 0.15) is 45.0 Å². The topological polar surface area (TPSA) is 158 Å². The summed E-state index contributed by atoms with van der Waals surface area (Å²) in [4.78, 5) is 32.3. The number of anilines is 2. The average molecular weight is 624 g/mol. The third kappa shape index (κ3) is 12.7. The minimum atomic E-state index is -0.654. The molecule has 0 aliphatic carbocycles. The van der Waals surface area contributed by atoms with Gasteiger partial charge in [0, 0.05) is 36.3 Å². The van der Waals surface area contributed by atoms with Crippen molar-refractivity contribution in [3.63, 3.8) is 0 Å². The van der Waals surface area contributed by atoms with Gasteiger partial charge in [0.05, 0.1) is 46.8 Å². The molecule has 3 N–H and O–H groups in total. The molecule has 13 nitrogen and oxygen atoms in total. The van der Waals surface area contributed by atoms with E-state index in [1.54, 1.807) is 49.0 Å². The highest BCUT2D eigenvalue weighted by atomic mass is 32.2. The Labute approximate surface area is 257 Å². The van der Waals surface area contributed by atoms with Crippen LogP contribution in [0.3, 0.4) is 0 Å². The lowest BCUT2D eigenvalue weighted by Gasteiger charge is -2.15. The molecular formula is C29H45N5O8S. The van der Waals surface area contributed by atoms with Gasteiger partial charge in [0.2, 0.25) is 0 Å². The molecule has 0 spiro atoms. The Morgan fingerprint density at radius 1 is 0.953 bits per heavy atom. The van der Waals surface area contributed by atoms with Crippen LogP contribution in [0, 0.1) is 0 Å². The molecule has 0 aliphatic heterocycles. The second-order valence-corrected chi connectivity index (χ2v) is 8.53. The second kappa shape index (κ2) is 22.0. The zero-order valence-electron chi connectivity index (χ0n) is 26.1. The number of esters is 1. The number of imidazole rings is 1. The van der Waals surface area contributed by atoms with Gasteiger partial charge in [-0.3, -0.25) is 9.20 Å². The summed E-state index contributed by atoms with van der Waals surface area (Å²) in [5.74, 6) is 0.301.